The quantitative estimate of drug-likeness (QED) is 0.644. The maximum absolute atomic E-state index is 12.3. The van der Waals surface area contributed by atoms with Gasteiger partial charge >= 0.3 is 0 Å². The molecular formula is C24H24N2O2. The van der Waals surface area contributed by atoms with E-state index in [0.717, 1.165) is 22.6 Å². The number of ether oxygens (including phenoxy) is 1. The number of benzene rings is 3. The Morgan fingerprint density at radius 1 is 0.893 bits per heavy atom. The molecule has 0 saturated heterocycles. The minimum atomic E-state index is -0.250. The van der Waals surface area contributed by atoms with Crippen molar-refractivity contribution in [2.75, 3.05) is 5.32 Å². The second kappa shape index (κ2) is 7.77. The van der Waals surface area contributed by atoms with E-state index < -0.39 is 0 Å². The van der Waals surface area contributed by atoms with Gasteiger partial charge in [-0.05, 0) is 46.9 Å². The molecule has 4 nitrogen and oxygen atoms in total. The fourth-order valence-corrected chi connectivity index (χ4v) is 3.30. The van der Waals surface area contributed by atoms with E-state index in [1.165, 1.54) is 5.56 Å². The van der Waals surface area contributed by atoms with Gasteiger partial charge in [0.05, 0.1) is 5.56 Å². The van der Waals surface area contributed by atoms with Gasteiger partial charge in [-0.1, -0.05) is 62.4 Å². The Kier molecular flexibility index (Phi) is 5.02. The first-order chi connectivity index (χ1) is 13.6. The largest absolute Gasteiger partial charge is 0.489 e. The van der Waals surface area contributed by atoms with Gasteiger partial charge in [0.2, 0.25) is 0 Å². The van der Waals surface area contributed by atoms with Crippen molar-refractivity contribution in [3.05, 3.63) is 95.1 Å². The van der Waals surface area contributed by atoms with Crippen LogP contribution in [-0.4, -0.2) is 5.91 Å². The highest BCUT2D eigenvalue weighted by atomic mass is 16.5. The molecule has 1 aliphatic heterocycles. The Morgan fingerprint density at radius 2 is 1.61 bits per heavy atom. The summed E-state index contributed by atoms with van der Waals surface area (Å²) in [4.78, 5) is 12.3. The van der Waals surface area contributed by atoms with Gasteiger partial charge in [0, 0.05) is 5.69 Å². The molecule has 1 unspecified atom stereocenters. The molecule has 0 aliphatic carbocycles. The van der Waals surface area contributed by atoms with E-state index in [1.807, 2.05) is 48.5 Å². The zero-order chi connectivity index (χ0) is 19.5. The van der Waals surface area contributed by atoms with Crippen molar-refractivity contribution in [1.29, 1.82) is 0 Å². The zero-order valence-corrected chi connectivity index (χ0v) is 16.1. The summed E-state index contributed by atoms with van der Waals surface area (Å²) in [6, 6.07) is 23.9. The Morgan fingerprint density at radius 3 is 2.32 bits per heavy atom. The number of rotatable bonds is 5. The molecule has 0 saturated carbocycles. The Hall–Kier alpha value is -3.27. The zero-order valence-electron chi connectivity index (χ0n) is 16.1. The van der Waals surface area contributed by atoms with Gasteiger partial charge in [0.1, 0.15) is 18.5 Å². The van der Waals surface area contributed by atoms with Crippen LogP contribution in [0.1, 0.15) is 53.0 Å². The van der Waals surface area contributed by atoms with E-state index in [9.17, 15) is 4.79 Å². The third-order valence-electron chi connectivity index (χ3n) is 5.01. The van der Waals surface area contributed by atoms with Crippen molar-refractivity contribution < 1.29 is 9.53 Å². The Labute approximate surface area is 165 Å². The molecule has 2 N–H and O–H groups in total. The molecule has 1 amide bonds. The van der Waals surface area contributed by atoms with E-state index >= 15 is 0 Å². The van der Waals surface area contributed by atoms with E-state index in [0.29, 0.717) is 18.1 Å². The first kappa shape index (κ1) is 18.1. The molecule has 4 heteroatoms. The molecule has 28 heavy (non-hydrogen) atoms. The molecule has 3 aromatic carbocycles. The Bertz CT molecular complexity index is 963. The van der Waals surface area contributed by atoms with Gasteiger partial charge < -0.3 is 15.4 Å². The smallest absolute Gasteiger partial charge is 0.255 e. The number of fused-ring (bicyclic) bond motifs is 1. The van der Waals surface area contributed by atoms with Crippen LogP contribution >= 0.6 is 0 Å². The van der Waals surface area contributed by atoms with Gasteiger partial charge in [0.25, 0.3) is 5.91 Å². The van der Waals surface area contributed by atoms with Crippen LogP contribution in [0.5, 0.6) is 5.75 Å². The summed E-state index contributed by atoms with van der Waals surface area (Å²) < 4.78 is 5.90. The number of carbonyl (C=O) groups excluding carboxylic acids is 1. The highest BCUT2D eigenvalue weighted by Gasteiger charge is 2.23. The number of nitrogens with one attached hydrogen (secondary N) is 2. The minimum absolute atomic E-state index is 0.0653. The number of carbonyl (C=O) groups is 1. The van der Waals surface area contributed by atoms with Gasteiger partial charge in [-0.3, -0.25) is 4.79 Å². The number of anilines is 1. The first-order valence-electron chi connectivity index (χ1n) is 9.58. The molecule has 4 rings (SSSR count). The Balaban J connectivity index is 1.40. The fraction of sp³-hybridized carbons (Fsp3) is 0.208. The maximum atomic E-state index is 12.3. The molecule has 0 aromatic heterocycles. The monoisotopic (exact) mass is 372 g/mol. The summed E-state index contributed by atoms with van der Waals surface area (Å²) in [7, 11) is 0. The summed E-state index contributed by atoms with van der Waals surface area (Å²) in [5.41, 5.74) is 4.98. The van der Waals surface area contributed by atoms with Crippen molar-refractivity contribution in [3.8, 4) is 5.75 Å². The molecule has 0 bridgehead atoms. The summed E-state index contributed by atoms with van der Waals surface area (Å²) in [6.45, 7) is 4.91. The highest BCUT2D eigenvalue weighted by molar-refractivity contribution is 6.01. The van der Waals surface area contributed by atoms with Crippen molar-refractivity contribution in [1.82, 2.24) is 5.32 Å². The first-order valence-corrected chi connectivity index (χ1v) is 9.58. The predicted molar refractivity (Wildman–Crippen MR) is 112 cm³/mol. The highest BCUT2D eigenvalue weighted by Crippen LogP contribution is 2.27. The average molecular weight is 372 g/mol. The predicted octanol–water partition coefficient (Wildman–Crippen LogP) is 5.24. The average Bonchev–Trinajstić information content (AvgIpc) is 2.73. The van der Waals surface area contributed by atoms with Crippen LogP contribution in [0.25, 0.3) is 0 Å². The van der Waals surface area contributed by atoms with Crippen molar-refractivity contribution in [3.63, 3.8) is 0 Å². The van der Waals surface area contributed by atoms with Crippen LogP contribution in [0, 0.1) is 0 Å². The van der Waals surface area contributed by atoms with Crippen molar-refractivity contribution in [2.45, 2.75) is 32.5 Å². The van der Waals surface area contributed by atoms with Crippen LogP contribution in [0.15, 0.2) is 72.8 Å². The molecular weight excluding hydrogens is 348 g/mol. The fourth-order valence-electron chi connectivity index (χ4n) is 3.30. The summed E-state index contributed by atoms with van der Waals surface area (Å²) >= 11 is 0. The standard InChI is InChI=1S/C24H24N2O2/c1-16(2)18-9-7-17(8-10-18)15-28-20-13-11-19(12-14-20)23-25-22-6-4-3-5-21(22)24(27)26-23/h3-14,16,23,25H,15H2,1-2H3,(H,26,27). The van der Waals surface area contributed by atoms with Gasteiger partial charge in [0.15, 0.2) is 0 Å². The molecule has 0 fully saturated rings. The van der Waals surface area contributed by atoms with Gasteiger partial charge in [-0.15, -0.1) is 0 Å². The molecule has 0 spiro atoms. The molecule has 1 aliphatic rings. The third kappa shape index (κ3) is 3.86. The molecule has 1 atom stereocenters. The lowest BCUT2D eigenvalue weighted by molar-refractivity contribution is 0.0935. The lowest BCUT2D eigenvalue weighted by Crippen LogP contribution is -2.38. The van der Waals surface area contributed by atoms with Crippen LogP contribution in [0.3, 0.4) is 0 Å². The summed E-state index contributed by atoms with van der Waals surface area (Å²) in [5, 5.41) is 6.35. The molecule has 142 valence electrons. The van der Waals surface area contributed by atoms with E-state index in [1.54, 1.807) is 0 Å². The third-order valence-corrected chi connectivity index (χ3v) is 5.01. The number of amides is 1. The lowest BCUT2D eigenvalue weighted by atomic mass is 10.0. The van der Waals surface area contributed by atoms with Gasteiger partial charge in [-0.25, -0.2) is 0 Å². The lowest BCUT2D eigenvalue weighted by Gasteiger charge is -2.28. The van der Waals surface area contributed by atoms with E-state index in [2.05, 4.69) is 48.7 Å². The number of hydrogen-bond acceptors (Lipinski definition) is 3. The second-order valence-corrected chi connectivity index (χ2v) is 7.35. The second-order valence-electron chi connectivity index (χ2n) is 7.35. The van der Waals surface area contributed by atoms with Crippen LogP contribution in [-0.2, 0) is 6.61 Å². The topological polar surface area (TPSA) is 50.4 Å². The molecule has 0 radical (unpaired) electrons. The molecule has 3 aromatic rings. The summed E-state index contributed by atoms with van der Waals surface area (Å²) in [6.07, 6.45) is -0.250. The normalized spacial score (nSPS) is 15.5. The molecule has 1 heterocycles. The van der Waals surface area contributed by atoms with E-state index in [4.69, 9.17) is 4.74 Å². The van der Waals surface area contributed by atoms with Crippen LogP contribution in [0.4, 0.5) is 5.69 Å². The van der Waals surface area contributed by atoms with Crippen LogP contribution < -0.4 is 15.4 Å². The number of hydrogen-bond donors (Lipinski definition) is 2. The van der Waals surface area contributed by atoms with Crippen LogP contribution in [0.2, 0.25) is 0 Å². The maximum Gasteiger partial charge on any atom is 0.255 e. The van der Waals surface area contributed by atoms with Gasteiger partial charge in [-0.2, -0.15) is 0 Å². The van der Waals surface area contributed by atoms with E-state index in [-0.39, 0.29) is 12.1 Å². The minimum Gasteiger partial charge on any atom is -0.489 e. The van der Waals surface area contributed by atoms with Crippen molar-refractivity contribution in [2.24, 2.45) is 0 Å². The van der Waals surface area contributed by atoms with Crippen molar-refractivity contribution >= 4 is 11.6 Å². The number of para-hydroxylation sites is 1. The summed E-state index contributed by atoms with van der Waals surface area (Å²) in [5.74, 6) is 1.27. The SMILES string of the molecule is CC(C)c1ccc(COc2ccc(C3NC(=O)c4ccccc4N3)cc2)cc1.